The zero-order valence-electron chi connectivity index (χ0n) is 13.3. The quantitative estimate of drug-likeness (QED) is 0.745. The standard InChI is InChI=1S/C18H20ClNO3S/c19-16-13(11-15-17(21)20-18(22)24-15)7-4-8-14(16)23-10-9-12-5-2-1-3-6-12/h4,7-8,11-12H,1-3,5-6,9-10H2,(H,20,21,22)/b15-11+. The molecule has 2 amide bonds. The largest absolute Gasteiger partial charge is 0.492 e. The van der Waals surface area contributed by atoms with Crippen molar-refractivity contribution in [1.29, 1.82) is 0 Å². The number of nitrogens with one attached hydrogen (secondary N) is 1. The lowest BCUT2D eigenvalue weighted by atomic mass is 9.87. The second-order valence-corrected chi connectivity index (χ2v) is 7.55. The second-order valence-electron chi connectivity index (χ2n) is 6.15. The zero-order valence-corrected chi connectivity index (χ0v) is 14.9. The fraction of sp³-hybridized carbons (Fsp3) is 0.444. The summed E-state index contributed by atoms with van der Waals surface area (Å²) in [6.45, 7) is 0.651. The van der Waals surface area contributed by atoms with Crippen LogP contribution in [-0.4, -0.2) is 17.8 Å². The lowest BCUT2D eigenvalue weighted by Crippen LogP contribution is -2.17. The van der Waals surface area contributed by atoms with Gasteiger partial charge in [-0.1, -0.05) is 55.8 Å². The Hall–Kier alpha value is -1.46. The predicted octanol–water partition coefficient (Wildman–Crippen LogP) is 5.01. The van der Waals surface area contributed by atoms with Gasteiger partial charge in [-0.2, -0.15) is 0 Å². The molecule has 1 N–H and O–H groups in total. The molecule has 0 atom stereocenters. The molecule has 0 bridgehead atoms. The Labute approximate surface area is 151 Å². The lowest BCUT2D eigenvalue weighted by Gasteiger charge is -2.21. The van der Waals surface area contributed by atoms with Crippen molar-refractivity contribution in [1.82, 2.24) is 5.32 Å². The molecule has 4 nitrogen and oxygen atoms in total. The molecule has 1 saturated heterocycles. The molecule has 128 valence electrons. The molecule has 1 saturated carbocycles. The third kappa shape index (κ3) is 4.33. The van der Waals surface area contributed by atoms with E-state index >= 15 is 0 Å². The summed E-state index contributed by atoms with van der Waals surface area (Å²) in [5.41, 5.74) is 0.680. The van der Waals surface area contributed by atoms with Gasteiger partial charge >= 0.3 is 0 Å². The molecule has 1 aromatic rings. The van der Waals surface area contributed by atoms with Crippen LogP contribution in [0, 0.1) is 5.92 Å². The van der Waals surface area contributed by atoms with Crippen molar-refractivity contribution in [3.05, 3.63) is 33.7 Å². The third-order valence-corrected chi connectivity index (χ3v) is 5.65. The van der Waals surface area contributed by atoms with Gasteiger partial charge in [-0.25, -0.2) is 0 Å². The Kier molecular flexibility index (Phi) is 5.85. The fourth-order valence-corrected chi connectivity index (χ4v) is 4.03. The van der Waals surface area contributed by atoms with Crippen LogP contribution in [0.1, 0.15) is 44.1 Å². The van der Waals surface area contributed by atoms with Gasteiger partial charge in [0.2, 0.25) is 0 Å². The van der Waals surface area contributed by atoms with Gasteiger partial charge in [0.1, 0.15) is 5.75 Å². The summed E-state index contributed by atoms with van der Waals surface area (Å²) in [4.78, 5) is 23.2. The van der Waals surface area contributed by atoms with Crippen molar-refractivity contribution >= 4 is 40.6 Å². The number of benzene rings is 1. The van der Waals surface area contributed by atoms with Crippen LogP contribution in [0.3, 0.4) is 0 Å². The average molecular weight is 366 g/mol. The zero-order chi connectivity index (χ0) is 16.9. The van der Waals surface area contributed by atoms with Gasteiger partial charge < -0.3 is 4.74 Å². The van der Waals surface area contributed by atoms with Crippen molar-refractivity contribution in [3.8, 4) is 5.75 Å². The van der Waals surface area contributed by atoms with E-state index < -0.39 is 0 Å². The first-order valence-electron chi connectivity index (χ1n) is 8.29. The molecule has 0 aromatic heterocycles. The maximum absolute atomic E-state index is 11.6. The third-order valence-electron chi connectivity index (χ3n) is 4.43. The van der Waals surface area contributed by atoms with Crippen LogP contribution in [0.15, 0.2) is 23.1 Å². The van der Waals surface area contributed by atoms with E-state index in [2.05, 4.69) is 5.32 Å². The Balaban J connectivity index is 1.63. The van der Waals surface area contributed by atoms with Crippen LogP contribution >= 0.6 is 23.4 Å². The molecule has 3 rings (SSSR count). The van der Waals surface area contributed by atoms with E-state index in [-0.39, 0.29) is 11.1 Å². The number of thioether (sulfide) groups is 1. The van der Waals surface area contributed by atoms with Gasteiger partial charge in [-0.3, -0.25) is 14.9 Å². The maximum atomic E-state index is 11.6. The van der Waals surface area contributed by atoms with Crippen LogP contribution in [0.4, 0.5) is 4.79 Å². The van der Waals surface area contributed by atoms with Crippen LogP contribution in [-0.2, 0) is 4.79 Å². The summed E-state index contributed by atoms with van der Waals surface area (Å²) < 4.78 is 5.86. The molecule has 6 heteroatoms. The number of amides is 2. The van der Waals surface area contributed by atoms with Crippen molar-refractivity contribution in [2.45, 2.75) is 38.5 Å². The van der Waals surface area contributed by atoms with E-state index in [1.54, 1.807) is 12.1 Å². The topological polar surface area (TPSA) is 55.4 Å². The molecule has 1 aromatic carbocycles. The molecule has 1 heterocycles. The monoisotopic (exact) mass is 365 g/mol. The van der Waals surface area contributed by atoms with Gasteiger partial charge in [0.15, 0.2) is 0 Å². The van der Waals surface area contributed by atoms with Crippen LogP contribution in [0.25, 0.3) is 6.08 Å². The first-order valence-corrected chi connectivity index (χ1v) is 9.49. The molecule has 2 fully saturated rings. The number of ether oxygens (including phenoxy) is 1. The van der Waals surface area contributed by atoms with Crippen LogP contribution in [0.2, 0.25) is 5.02 Å². The number of rotatable bonds is 5. The molecule has 0 unspecified atom stereocenters. The van der Waals surface area contributed by atoms with Crippen LogP contribution in [0.5, 0.6) is 5.75 Å². The number of carbonyl (C=O) groups is 2. The highest BCUT2D eigenvalue weighted by molar-refractivity contribution is 8.18. The molecular formula is C18H20ClNO3S. The Morgan fingerprint density at radius 2 is 2.04 bits per heavy atom. The Morgan fingerprint density at radius 1 is 1.25 bits per heavy atom. The molecule has 1 aliphatic carbocycles. The highest BCUT2D eigenvalue weighted by atomic mass is 35.5. The number of carbonyl (C=O) groups excluding carboxylic acids is 2. The van der Waals surface area contributed by atoms with Crippen molar-refractivity contribution < 1.29 is 14.3 Å². The first-order chi connectivity index (χ1) is 11.6. The van der Waals surface area contributed by atoms with E-state index in [0.717, 1.165) is 24.1 Å². The minimum absolute atomic E-state index is 0.348. The molecular weight excluding hydrogens is 346 g/mol. The Morgan fingerprint density at radius 3 is 2.75 bits per heavy atom. The summed E-state index contributed by atoms with van der Waals surface area (Å²) in [5.74, 6) is 0.994. The molecule has 0 radical (unpaired) electrons. The molecule has 24 heavy (non-hydrogen) atoms. The lowest BCUT2D eigenvalue weighted by molar-refractivity contribution is -0.115. The highest BCUT2D eigenvalue weighted by Crippen LogP contribution is 2.33. The SMILES string of the molecule is O=C1NC(=O)/C(=C\c2cccc(OCCC3CCCCC3)c2Cl)S1. The summed E-state index contributed by atoms with van der Waals surface area (Å²) in [5, 5.41) is 2.35. The van der Waals surface area contributed by atoms with E-state index in [4.69, 9.17) is 16.3 Å². The summed E-state index contributed by atoms with van der Waals surface area (Å²) in [6, 6.07) is 5.48. The van der Waals surface area contributed by atoms with Gasteiger partial charge in [0.25, 0.3) is 11.1 Å². The first kappa shape index (κ1) is 17.4. The van der Waals surface area contributed by atoms with Crippen molar-refractivity contribution in [2.24, 2.45) is 5.92 Å². The summed E-state index contributed by atoms with van der Waals surface area (Å²) in [7, 11) is 0. The summed E-state index contributed by atoms with van der Waals surface area (Å²) >= 11 is 7.28. The summed E-state index contributed by atoms with van der Waals surface area (Å²) in [6.07, 6.45) is 9.27. The number of hydrogen-bond acceptors (Lipinski definition) is 4. The molecule has 2 aliphatic rings. The minimum Gasteiger partial charge on any atom is -0.492 e. The molecule has 1 aliphatic heterocycles. The number of hydrogen-bond donors (Lipinski definition) is 1. The van der Waals surface area contributed by atoms with Gasteiger partial charge in [0.05, 0.1) is 16.5 Å². The second kappa shape index (κ2) is 8.08. The smallest absolute Gasteiger partial charge is 0.290 e. The highest BCUT2D eigenvalue weighted by Gasteiger charge is 2.25. The van der Waals surface area contributed by atoms with Gasteiger partial charge in [-0.05, 0) is 41.8 Å². The Bertz CT molecular complexity index is 668. The number of imide groups is 1. The normalized spacial score (nSPS) is 20.5. The van der Waals surface area contributed by atoms with Gasteiger partial charge in [-0.15, -0.1) is 0 Å². The van der Waals surface area contributed by atoms with E-state index in [1.165, 1.54) is 32.1 Å². The minimum atomic E-state index is -0.385. The van der Waals surface area contributed by atoms with Crippen molar-refractivity contribution in [3.63, 3.8) is 0 Å². The van der Waals surface area contributed by atoms with E-state index in [1.807, 2.05) is 12.1 Å². The maximum Gasteiger partial charge on any atom is 0.290 e. The molecule has 0 spiro atoms. The van der Waals surface area contributed by atoms with E-state index in [9.17, 15) is 9.59 Å². The van der Waals surface area contributed by atoms with E-state index in [0.29, 0.717) is 27.8 Å². The van der Waals surface area contributed by atoms with Crippen molar-refractivity contribution in [2.75, 3.05) is 6.61 Å². The average Bonchev–Trinajstić information content (AvgIpc) is 2.89. The predicted molar refractivity (Wildman–Crippen MR) is 97.2 cm³/mol. The van der Waals surface area contributed by atoms with Crippen LogP contribution < -0.4 is 10.1 Å². The number of halogens is 1. The van der Waals surface area contributed by atoms with Gasteiger partial charge in [0, 0.05) is 0 Å². The fourth-order valence-electron chi connectivity index (χ4n) is 3.12.